The molecule has 0 bridgehead atoms. The van der Waals surface area contributed by atoms with Crippen LogP contribution >= 0.6 is 0 Å². The number of benzene rings is 4. The molecular weight excluding hydrogens is 424 g/mol. The molecule has 0 saturated heterocycles. The highest BCUT2D eigenvalue weighted by Crippen LogP contribution is 2.29. The van der Waals surface area contributed by atoms with Crippen molar-refractivity contribution < 1.29 is 14.3 Å². The molecule has 174 valence electrons. The van der Waals surface area contributed by atoms with Gasteiger partial charge in [-0.15, -0.1) is 0 Å². The van der Waals surface area contributed by atoms with Crippen LogP contribution in [0, 0.1) is 6.92 Å². The van der Waals surface area contributed by atoms with E-state index in [-0.39, 0.29) is 12.1 Å². The minimum atomic E-state index is -0.246. The zero-order valence-electron chi connectivity index (χ0n) is 19.8. The third-order valence-electron chi connectivity index (χ3n) is 6.02. The number of fused-ring (bicyclic) bond motifs is 1. The molecule has 0 fully saturated rings. The zero-order chi connectivity index (χ0) is 23.9. The number of hydrogen-bond acceptors (Lipinski definition) is 3. The van der Waals surface area contributed by atoms with Gasteiger partial charge in [0.1, 0.15) is 18.1 Å². The number of rotatable bonds is 8. The van der Waals surface area contributed by atoms with Crippen LogP contribution in [0.4, 0.5) is 10.5 Å². The number of carbonyl (C=O) groups is 1. The molecule has 0 saturated carbocycles. The molecule has 1 unspecified atom stereocenters. The number of ether oxygens (including phenoxy) is 2. The molecule has 0 aromatic heterocycles. The minimum absolute atomic E-state index is 0.101. The van der Waals surface area contributed by atoms with E-state index in [4.69, 9.17) is 9.47 Å². The highest BCUT2D eigenvalue weighted by atomic mass is 16.5. The Morgan fingerprint density at radius 1 is 0.882 bits per heavy atom. The number of methoxy groups -OCH3 is 1. The summed E-state index contributed by atoms with van der Waals surface area (Å²) >= 11 is 0. The van der Waals surface area contributed by atoms with Crippen LogP contribution in [0.25, 0.3) is 10.8 Å². The van der Waals surface area contributed by atoms with Crippen LogP contribution < -0.4 is 20.1 Å². The first-order valence-corrected chi connectivity index (χ1v) is 11.5. The summed E-state index contributed by atoms with van der Waals surface area (Å²) in [6, 6.07) is 27.5. The van der Waals surface area contributed by atoms with Crippen molar-refractivity contribution in [1.29, 1.82) is 0 Å². The Labute approximate surface area is 200 Å². The summed E-state index contributed by atoms with van der Waals surface area (Å²) in [7, 11) is 1.65. The minimum Gasteiger partial charge on any atom is -0.496 e. The second-order valence-corrected chi connectivity index (χ2v) is 8.16. The lowest BCUT2D eigenvalue weighted by atomic mass is 9.97. The molecule has 5 nitrogen and oxygen atoms in total. The van der Waals surface area contributed by atoms with Crippen molar-refractivity contribution in [2.45, 2.75) is 32.9 Å². The summed E-state index contributed by atoms with van der Waals surface area (Å²) in [4.78, 5) is 12.9. The van der Waals surface area contributed by atoms with Crippen LogP contribution in [0.2, 0.25) is 0 Å². The molecule has 5 heteroatoms. The van der Waals surface area contributed by atoms with Gasteiger partial charge in [-0.1, -0.05) is 73.7 Å². The van der Waals surface area contributed by atoms with Crippen LogP contribution in [-0.4, -0.2) is 13.1 Å². The normalized spacial score (nSPS) is 11.6. The van der Waals surface area contributed by atoms with Gasteiger partial charge in [0.05, 0.1) is 13.2 Å². The van der Waals surface area contributed by atoms with Crippen molar-refractivity contribution >= 4 is 22.5 Å². The maximum absolute atomic E-state index is 12.9. The van der Waals surface area contributed by atoms with Gasteiger partial charge in [-0.3, -0.25) is 0 Å². The van der Waals surface area contributed by atoms with Gasteiger partial charge >= 0.3 is 6.03 Å². The summed E-state index contributed by atoms with van der Waals surface area (Å²) < 4.78 is 11.5. The number of anilines is 1. The van der Waals surface area contributed by atoms with E-state index in [2.05, 4.69) is 41.8 Å². The number of nitrogens with one attached hydrogen (secondary N) is 2. The number of amides is 2. The number of hydrogen-bond donors (Lipinski definition) is 2. The summed E-state index contributed by atoms with van der Waals surface area (Å²) in [5.41, 5.74) is 3.65. The van der Waals surface area contributed by atoms with Crippen LogP contribution in [0.3, 0.4) is 0 Å². The van der Waals surface area contributed by atoms with Crippen LogP contribution in [0.15, 0.2) is 84.9 Å². The Kier molecular flexibility index (Phi) is 7.33. The highest BCUT2D eigenvalue weighted by molar-refractivity contribution is 5.92. The summed E-state index contributed by atoms with van der Waals surface area (Å²) in [6.45, 7) is 4.39. The molecule has 4 aromatic rings. The monoisotopic (exact) mass is 454 g/mol. The molecule has 0 spiro atoms. The lowest BCUT2D eigenvalue weighted by Crippen LogP contribution is -2.32. The van der Waals surface area contributed by atoms with E-state index >= 15 is 0 Å². The van der Waals surface area contributed by atoms with E-state index in [1.165, 1.54) is 0 Å². The topological polar surface area (TPSA) is 59.6 Å². The first-order valence-electron chi connectivity index (χ1n) is 11.5. The molecule has 34 heavy (non-hydrogen) atoms. The first-order chi connectivity index (χ1) is 16.6. The van der Waals surface area contributed by atoms with E-state index in [0.29, 0.717) is 18.0 Å². The van der Waals surface area contributed by atoms with Crippen molar-refractivity contribution in [3.8, 4) is 11.5 Å². The van der Waals surface area contributed by atoms with Crippen LogP contribution in [0.1, 0.15) is 36.1 Å². The SMILES string of the molecule is CCC(NC(=O)Nc1cccc(OCc2ccccc2OC)c1C)c1cccc2ccccc12. The predicted molar refractivity (Wildman–Crippen MR) is 138 cm³/mol. The summed E-state index contributed by atoms with van der Waals surface area (Å²) in [5.74, 6) is 1.50. The van der Waals surface area contributed by atoms with E-state index in [0.717, 1.165) is 39.6 Å². The standard InChI is InChI=1S/C29H30N2O3/c1-4-25(24-15-9-13-21-11-5-7-14-23(21)24)30-29(32)31-26-16-10-18-27(20(26)2)34-19-22-12-6-8-17-28(22)33-3/h5-18,25H,4,19H2,1-3H3,(H2,30,31,32). The Bertz CT molecular complexity index is 1280. The second kappa shape index (κ2) is 10.8. The molecule has 0 aliphatic heterocycles. The fourth-order valence-corrected chi connectivity index (χ4v) is 4.15. The van der Waals surface area contributed by atoms with Gasteiger partial charge in [0.25, 0.3) is 0 Å². The molecule has 0 heterocycles. The third kappa shape index (κ3) is 5.15. The van der Waals surface area contributed by atoms with Gasteiger partial charge in [0.15, 0.2) is 0 Å². The molecule has 1 atom stereocenters. The fourth-order valence-electron chi connectivity index (χ4n) is 4.15. The van der Waals surface area contributed by atoms with Crippen molar-refractivity contribution in [1.82, 2.24) is 5.32 Å². The average Bonchev–Trinajstić information content (AvgIpc) is 2.87. The van der Waals surface area contributed by atoms with E-state index < -0.39 is 0 Å². The Hall–Kier alpha value is -3.99. The molecule has 2 N–H and O–H groups in total. The van der Waals surface area contributed by atoms with E-state index in [1.54, 1.807) is 7.11 Å². The molecule has 2 amide bonds. The molecule has 0 radical (unpaired) electrons. The quantitative estimate of drug-likeness (QED) is 0.301. The third-order valence-corrected chi connectivity index (χ3v) is 6.02. The van der Waals surface area contributed by atoms with Gasteiger partial charge in [0, 0.05) is 16.8 Å². The van der Waals surface area contributed by atoms with Crippen molar-refractivity contribution in [2.75, 3.05) is 12.4 Å². The molecule has 4 aromatic carbocycles. The number of urea groups is 1. The van der Waals surface area contributed by atoms with Crippen LogP contribution in [-0.2, 0) is 6.61 Å². The van der Waals surface area contributed by atoms with Gasteiger partial charge in [-0.05, 0) is 47.9 Å². The lowest BCUT2D eigenvalue weighted by Gasteiger charge is -2.21. The summed E-state index contributed by atoms with van der Waals surface area (Å²) in [5, 5.41) is 8.45. The van der Waals surface area contributed by atoms with E-state index in [9.17, 15) is 4.79 Å². The number of carbonyl (C=O) groups excluding carboxylic acids is 1. The predicted octanol–water partition coefficient (Wildman–Crippen LogP) is 7.01. The zero-order valence-corrected chi connectivity index (χ0v) is 19.8. The lowest BCUT2D eigenvalue weighted by molar-refractivity contribution is 0.248. The molecular formula is C29H30N2O3. The second-order valence-electron chi connectivity index (χ2n) is 8.16. The maximum Gasteiger partial charge on any atom is 0.319 e. The van der Waals surface area contributed by atoms with Gasteiger partial charge in [-0.2, -0.15) is 0 Å². The maximum atomic E-state index is 12.9. The van der Waals surface area contributed by atoms with Crippen LogP contribution in [0.5, 0.6) is 11.5 Å². The molecule has 0 aliphatic rings. The van der Waals surface area contributed by atoms with Gasteiger partial charge in [-0.25, -0.2) is 4.79 Å². The Morgan fingerprint density at radius 3 is 2.41 bits per heavy atom. The fraction of sp³-hybridized carbons (Fsp3) is 0.207. The molecule has 4 rings (SSSR count). The smallest absolute Gasteiger partial charge is 0.319 e. The van der Waals surface area contributed by atoms with Gasteiger partial charge in [0.2, 0.25) is 0 Å². The Morgan fingerprint density at radius 2 is 1.59 bits per heavy atom. The largest absolute Gasteiger partial charge is 0.496 e. The average molecular weight is 455 g/mol. The molecule has 0 aliphatic carbocycles. The Balaban J connectivity index is 1.46. The van der Waals surface area contributed by atoms with Crippen molar-refractivity contribution in [3.63, 3.8) is 0 Å². The number of para-hydroxylation sites is 1. The van der Waals surface area contributed by atoms with Crippen molar-refractivity contribution in [2.24, 2.45) is 0 Å². The first kappa shape index (κ1) is 23.2. The van der Waals surface area contributed by atoms with Gasteiger partial charge < -0.3 is 20.1 Å². The summed E-state index contributed by atoms with van der Waals surface area (Å²) in [6.07, 6.45) is 0.780. The van der Waals surface area contributed by atoms with Crippen molar-refractivity contribution in [3.05, 3.63) is 102 Å². The van der Waals surface area contributed by atoms with E-state index in [1.807, 2.05) is 67.6 Å². The highest BCUT2D eigenvalue weighted by Gasteiger charge is 2.16.